The van der Waals surface area contributed by atoms with Crippen molar-refractivity contribution in [3.05, 3.63) is 0 Å². The van der Waals surface area contributed by atoms with Crippen molar-refractivity contribution in [2.45, 2.75) is 33.8 Å². The Morgan fingerprint density at radius 2 is 1.50 bits per heavy atom. The predicted molar refractivity (Wildman–Crippen MR) is 70.6 cm³/mol. The van der Waals surface area contributed by atoms with Crippen molar-refractivity contribution in [2.75, 3.05) is 33.7 Å². The maximum Gasteiger partial charge on any atom is 0.0791 e. The lowest BCUT2D eigenvalue weighted by Gasteiger charge is -2.26. The molecule has 16 heavy (non-hydrogen) atoms. The lowest BCUT2D eigenvalue weighted by atomic mass is 9.85. The maximum absolute atomic E-state index is 9.71. The second-order valence-corrected chi connectivity index (χ2v) is 5.73. The number of hydrogen-bond acceptors (Lipinski definition) is 3. The molecule has 1 atom stereocenters. The summed E-state index contributed by atoms with van der Waals surface area (Å²) < 4.78 is 0. The molecule has 0 rings (SSSR count). The van der Waals surface area contributed by atoms with Crippen LogP contribution in [0.2, 0.25) is 0 Å². The molecule has 98 valence electrons. The maximum atomic E-state index is 9.71. The Morgan fingerprint density at radius 1 is 1.00 bits per heavy atom. The van der Waals surface area contributed by atoms with Gasteiger partial charge in [0.05, 0.1) is 6.10 Å². The minimum Gasteiger partial charge on any atom is -0.390 e. The molecule has 3 heteroatoms. The van der Waals surface area contributed by atoms with Crippen LogP contribution in [0.5, 0.6) is 0 Å². The first-order valence-corrected chi connectivity index (χ1v) is 6.38. The fourth-order valence-electron chi connectivity index (χ4n) is 2.14. The van der Waals surface area contributed by atoms with Gasteiger partial charge in [-0.05, 0) is 38.4 Å². The van der Waals surface area contributed by atoms with Gasteiger partial charge in [-0.1, -0.05) is 27.7 Å². The molecule has 1 unspecified atom stereocenters. The molecule has 0 amide bonds. The van der Waals surface area contributed by atoms with Crippen LogP contribution in [-0.2, 0) is 0 Å². The van der Waals surface area contributed by atoms with Gasteiger partial charge in [0, 0.05) is 13.1 Å². The molecule has 0 saturated carbocycles. The second kappa shape index (κ2) is 8.04. The van der Waals surface area contributed by atoms with Crippen molar-refractivity contribution in [1.82, 2.24) is 10.2 Å². The summed E-state index contributed by atoms with van der Waals surface area (Å²) in [7, 11) is 3.96. The van der Waals surface area contributed by atoms with Gasteiger partial charge in [-0.25, -0.2) is 0 Å². The Labute approximate surface area is 101 Å². The summed E-state index contributed by atoms with van der Waals surface area (Å²) in [6, 6.07) is 0. The topological polar surface area (TPSA) is 35.5 Å². The molecule has 0 bridgehead atoms. The molecular weight excluding hydrogens is 200 g/mol. The van der Waals surface area contributed by atoms with Crippen LogP contribution in [0.25, 0.3) is 0 Å². The lowest BCUT2D eigenvalue weighted by Crippen LogP contribution is -2.38. The Kier molecular flexibility index (Phi) is 7.98. The summed E-state index contributed by atoms with van der Waals surface area (Å²) >= 11 is 0. The van der Waals surface area contributed by atoms with E-state index in [4.69, 9.17) is 0 Å². The lowest BCUT2D eigenvalue weighted by molar-refractivity contribution is 0.130. The van der Waals surface area contributed by atoms with Crippen LogP contribution >= 0.6 is 0 Å². The molecule has 0 aromatic heterocycles. The highest BCUT2D eigenvalue weighted by molar-refractivity contribution is 4.71. The number of nitrogens with zero attached hydrogens (tertiary/aromatic N) is 1. The van der Waals surface area contributed by atoms with Gasteiger partial charge in [0.25, 0.3) is 0 Å². The largest absolute Gasteiger partial charge is 0.390 e. The van der Waals surface area contributed by atoms with Gasteiger partial charge in [-0.15, -0.1) is 0 Å². The van der Waals surface area contributed by atoms with Crippen LogP contribution in [-0.4, -0.2) is 49.8 Å². The zero-order chi connectivity index (χ0) is 12.7. The van der Waals surface area contributed by atoms with Gasteiger partial charge >= 0.3 is 0 Å². The van der Waals surface area contributed by atoms with Gasteiger partial charge in [0.1, 0.15) is 0 Å². The molecule has 0 aliphatic heterocycles. The van der Waals surface area contributed by atoms with E-state index in [9.17, 15) is 5.11 Å². The van der Waals surface area contributed by atoms with Gasteiger partial charge in [0.2, 0.25) is 0 Å². The number of likely N-dealkylation sites (N-methyl/N-ethyl adjacent to an activating group) is 1. The van der Waals surface area contributed by atoms with E-state index in [-0.39, 0.29) is 6.10 Å². The predicted octanol–water partition coefficient (Wildman–Crippen LogP) is 1.43. The van der Waals surface area contributed by atoms with E-state index >= 15 is 0 Å². The summed E-state index contributed by atoms with van der Waals surface area (Å²) in [4.78, 5) is 2.01. The van der Waals surface area contributed by atoms with Gasteiger partial charge in [0.15, 0.2) is 0 Å². The number of aliphatic hydroxyl groups is 1. The standard InChI is InChI=1S/C13H30N2O/c1-10(2)13(11(3)4)8-14-7-12(16)9-15(5)6/h10-14,16H,7-9H2,1-6H3. The number of nitrogens with one attached hydrogen (secondary N) is 1. The summed E-state index contributed by atoms with van der Waals surface area (Å²) in [5.74, 6) is 2.07. The molecule has 0 heterocycles. The highest BCUT2D eigenvalue weighted by atomic mass is 16.3. The van der Waals surface area contributed by atoms with Crippen LogP contribution in [0.1, 0.15) is 27.7 Å². The average molecular weight is 230 g/mol. The van der Waals surface area contributed by atoms with Crippen molar-refractivity contribution in [2.24, 2.45) is 17.8 Å². The fourth-order valence-corrected chi connectivity index (χ4v) is 2.14. The monoisotopic (exact) mass is 230 g/mol. The van der Waals surface area contributed by atoms with E-state index in [1.807, 2.05) is 19.0 Å². The van der Waals surface area contributed by atoms with E-state index in [1.165, 1.54) is 0 Å². The summed E-state index contributed by atoms with van der Waals surface area (Å²) in [6.07, 6.45) is -0.269. The highest BCUT2D eigenvalue weighted by Gasteiger charge is 2.17. The van der Waals surface area contributed by atoms with E-state index in [1.54, 1.807) is 0 Å². The Hall–Kier alpha value is -0.120. The highest BCUT2D eigenvalue weighted by Crippen LogP contribution is 2.19. The fraction of sp³-hybridized carbons (Fsp3) is 1.00. The third-order valence-electron chi connectivity index (χ3n) is 3.05. The summed E-state index contributed by atoms with van der Waals surface area (Å²) in [5.41, 5.74) is 0. The zero-order valence-corrected chi connectivity index (χ0v) is 11.8. The molecule has 0 spiro atoms. The molecule has 3 nitrogen and oxygen atoms in total. The SMILES string of the molecule is CC(C)C(CNCC(O)CN(C)C)C(C)C. The van der Waals surface area contributed by atoms with Crippen LogP contribution in [0.3, 0.4) is 0 Å². The quantitative estimate of drug-likeness (QED) is 0.662. The molecular formula is C13H30N2O. The summed E-state index contributed by atoms with van der Waals surface area (Å²) in [5, 5.41) is 13.1. The molecule has 0 radical (unpaired) electrons. The Morgan fingerprint density at radius 3 is 1.88 bits per heavy atom. The third-order valence-corrected chi connectivity index (χ3v) is 3.05. The van der Waals surface area contributed by atoms with Crippen molar-refractivity contribution in [3.63, 3.8) is 0 Å². The van der Waals surface area contributed by atoms with E-state index in [0.29, 0.717) is 24.3 Å². The minimum absolute atomic E-state index is 0.269. The van der Waals surface area contributed by atoms with Gasteiger partial charge in [-0.2, -0.15) is 0 Å². The minimum atomic E-state index is -0.269. The summed E-state index contributed by atoms with van der Waals surface area (Å²) in [6.45, 7) is 11.5. The first kappa shape index (κ1) is 15.9. The molecule has 0 aliphatic rings. The van der Waals surface area contributed by atoms with Crippen LogP contribution in [0, 0.1) is 17.8 Å². The van der Waals surface area contributed by atoms with Crippen LogP contribution in [0.15, 0.2) is 0 Å². The van der Waals surface area contributed by atoms with Gasteiger partial charge in [-0.3, -0.25) is 0 Å². The molecule has 2 N–H and O–H groups in total. The Balaban J connectivity index is 3.77. The number of hydrogen-bond donors (Lipinski definition) is 2. The zero-order valence-electron chi connectivity index (χ0n) is 11.8. The van der Waals surface area contributed by atoms with Crippen LogP contribution in [0.4, 0.5) is 0 Å². The van der Waals surface area contributed by atoms with E-state index in [2.05, 4.69) is 33.0 Å². The van der Waals surface area contributed by atoms with Crippen molar-refractivity contribution in [1.29, 1.82) is 0 Å². The molecule has 0 aromatic carbocycles. The van der Waals surface area contributed by atoms with Crippen LogP contribution < -0.4 is 5.32 Å². The number of rotatable bonds is 8. The van der Waals surface area contributed by atoms with E-state index < -0.39 is 0 Å². The third kappa shape index (κ3) is 7.20. The van der Waals surface area contributed by atoms with E-state index in [0.717, 1.165) is 13.1 Å². The average Bonchev–Trinajstić information content (AvgIpc) is 2.09. The van der Waals surface area contributed by atoms with Crippen molar-refractivity contribution >= 4 is 0 Å². The molecule has 0 aliphatic carbocycles. The van der Waals surface area contributed by atoms with Gasteiger partial charge < -0.3 is 15.3 Å². The molecule has 0 saturated heterocycles. The smallest absolute Gasteiger partial charge is 0.0791 e. The molecule has 0 aromatic rings. The normalized spacial score (nSPS) is 14.4. The van der Waals surface area contributed by atoms with Crippen molar-refractivity contribution < 1.29 is 5.11 Å². The first-order valence-electron chi connectivity index (χ1n) is 6.38. The number of aliphatic hydroxyl groups excluding tert-OH is 1. The first-order chi connectivity index (χ1) is 7.34. The van der Waals surface area contributed by atoms with Crippen molar-refractivity contribution in [3.8, 4) is 0 Å². The second-order valence-electron chi connectivity index (χ2n) is 5.73. The molecule has 0 fully saturated rings. The Bertz CT molecular complexity index is 161.